The maximum atomic E-state index is 13.6. The van der Waals surface area contributed by atoms with Gasteiger partial charge in [-0.2, -0.15) is 5.01 Å². The van der Waals surface area contributed by atoms with Crippen LogP contribution in [-0.2, 0) is 32.2 Å². The van der Waals surface area contributed by atoms with Crippen molar-refractivity contribution < 1.29 is 24.0 Å². The Morgan fingerprint density at radius 1 is 0.897 bits per heavy atom. The number of nitrogens with zero attached hydrogens (tertiary/aromatic N) is 1. The second-order valence-corrected chi connectivity index (χ2v) is 10.8. The van der Waals surface area contributed by atoms with E-state index in [9.17, 15) is 19.2 Å². The van der Waals surface area contributed by atoms with Crippen molar-refractivity contribution in [1.82, 2.24) is 21.2 Å². The van der Waals surface area contributed by atoms with E-state index < -0.39 is 41.6 Å². The van der Waals surface area contributed by atoms with Gasteiger partial charge in [0.15, 0.2) is 0 Å². The normalized spacial score (nSPS) is 16.8. The summed E-state index contributed by atoms with van der Waals surface area (Å²) in [4.78, 5) is 57.8. The van der Waals surface area contributed by atoms with E-state index in [1.807, 2.05) is 88.4 Å². The number of nitrogens with one attached hydrogen (secondary N) is 3. The van der Waals surface area contributed by atoms with Crippen LogP contribution in [0.1, 0.15) is 58.1 Å². The second kappa shape index (κ2) is 14.4. The van der Waals surface area contributed by atoms with Crippen LogP contribution < -0.4 is 16.2 Å². The zero-order valence-corrected chi connectivity index (χ0v) is 23.2. The van der Waals surface area contributed by atoms with Crippen molar-refractivity contribution >= 4 is 23.8 Å². The zero-order valence-electron chi connectivity index (χ0n) is 23.2. The molecule has 39 heavy (non-hydrogen) atoms. The Morgan fingerprint density at radius 3 is 2.08 bits per heavy atom. The van der Waals surface area contributed by atoms with Crippen molar-refractivity contribution in [3.63, 3.8) is 0 Å². The quantitative estimate of drug-likeness (QED) is 0.248. The molecule has 9 heteroatoms. The number of carbonyl (C=O) groups excluding carboxylic acids is 4. The summed E-state index contributed by atoms with van der Waals surface area (Å²) in [5, 5.41) is 3.35. The number of amides is 5. The number of urea groups is 1. The van der Waals surface area contributed by atoms with Crippen molar-refractivity contribution in [2.75, 3.05) is 0 Å². The number of hydroxylamine groups is 1. The number of rotatable bonds is 14. The van der Waals surface area contributed by atoms with Gasteiger partial charge in [-0.25, -0.2) is 10.3 Å². The molecule has 0 spiro atoms. The first-order chi connectivity index (χ1) is 18.7. The molecule has 3 rings (SSSR count). The summed E-state index contributed by atoms with van der Waals surface area (Å²) < 4.78 is 0. The number of carbonyl (C=O) groups is 4. The van der Waals surface area contributed by atoms with E-state index in [-0.39, 0.29) is 18.4 Å². The predicted octanol–water partition coefficient (Wildman–Crippen LogP) is 4.14. The molecule has 0 unspecified atom stereocenters. The molecule has 0 aromatic heterocycles. The molecule has 9 nitrogen and oxygen atoms in total. The summed E-state index contributed by atoms with van der Waals surface area (Å²) in [5.74, 6) is -3.01. The Labute approximate surface area is 230 Å². The fraction of sp³-hybridized carbons (Fsp3) is 0.467. The van der Waals surface area contributed by atoms with E-state index in [2.05, 4.69) is 16.2 Å². The largest absolute Gasteiger partial charge is 0.344 e. The third-order valence-corrected chi connectivity index (χ3v) is 6.82. The molecule has 3 N–H and O–H groups in total. The first-order valence-electron chi connectivity index (χ1n) is 13.6. The summed E-state index contributed by atoms with van der Waals surface area (Å²) in [6.07, 6.45) is 2.23. The van der Waals surface area contributed by atoms with Gasteiger partial charge in [-0.05, 0) is 48.6 Å². The van der Waals surface area contributed by atoms with Crippen LogP contribution in [0.2, 0.25) is 0 Å². The molecule has 0 saturated carbocycles. The van der Waals surface area contributed by atoms with E-state index in [0.717, 1.165) is 22.6 Å². The number of imide groups is 1. The van der Waals surface area contributed by atoms with E-state index in [1.165, 1.54) is 0 Å². The molecule has 0 bridgehead atoms. The Morgan fingerprint density at radius 2 is 1.51 bits per heavy atom. The summed E-state index contributed by atoms with van der Waals surface area (Å²) in [6.45, 7) is 7.75. The molecule has 2 aromatic rings. The van der Waals surface area contributed by atoms with Gasteiger partial charge in [0.2, 0.25) is 11.8 Å². The predicted molar refractivity (Wildman–Crippen MR) is 147 cm³/mol. The molecule has 210 valence electrons. The van der Waals surface area contributed by atoms with Gasteiger partial charge < -0.3 is 5.32 Å². The van der Waals surface area contributed by atoms with Gasteiger partial charge in [-0.3, -0.25) is 24.6 Å². The number of aryl methyl sites for hydroxylation is 1. The van der Waals surface area contributed by atoms with Crippen LogP contribution in [0.25, 0.3) is 0 Å². The highest BCUT2D eigenvalue weighted by Crippen LogP contribution is 2.27. The minimum Gasteiger partial charge on any atom is -0.324 e. The van der Waals surface area contributed by atoms with Crippen LogP contribution >= 0.6 is 0 Å². The lowest BCUT2D eigenvalue weighted by molar-refractivity contribution is -0.147. The van der Waals surface area contributed by atoms with Gasteiger partial charge in [0.25, 0.3) is 5.91 Å². The molecule has 1 aliphatic rings. The molecule has 1 saturated heterocycles. The highest BCUT2D eigenvalue weighted by molar-refractivity contribution is 6.05. The van der Waals surface area contributed by atoms with E-state index in [1.54, 1.807) is 0 Å². The maximum Gasteiger partial charge on any atom is 0.344 e. The zero-order chi connectivity index (χ0) is 28.4. The highest BCUT2D eigenvalue weighted by Gasteiger charge is 2.43. The summed E-state index contributed by atoms with van der Waals surface area (Å²) >= 11 is 0. The molecule has 1 heterocycles. The molecular weight excluding hydrogens is 496 g/mol. The Hall–Kier alpha value is -3.72. The smallest absolute Gasteiger partial charge is 0.324 e. The number of benzene rings is 2. The lowest BCUT2D eigenvalue weighted by atomic mass is 9.81. The van der Waals surface area contributed by atoms with Crippen molar-refractivity contribution in [2.45, 2.75) is 66.0 Å². The van der Waals surface area contributed by atoms with Crippen molar-refractivity contribution in [1.29, 1.82) is 0 Å². The third-order valence-electron chi connectivity index (χ3n) is 6.82. The van der Waals surface area contributed by atoms with Crippen LogP contribution in [-0.4, -0.2) is 34.8 Å². The fourth-order valence-corrected chi connectivity index (χ4v) is 4.74. The van der Waals surface area contributed by atoms with Gasteiger partial charge in [-0.15, -0.1) is 0 Å². The van der Waals surface area contributed by atoms with E-state index in [4.69, 9.17) is 4.84 Å². The average molecular weight is 537 g/mol. The van der Waals surface area contributed by atoms with Crippen molar-refractivity contribution in [2.24, 2.45) is 23.7 Å². The second-order valence-electron chi connectivity index (χ2n) is 10.8. The molecule has 1 fully saturated rings. The Kier molecular flexibility index (Phi) is 11.0. The van der Waals surface area contributed by atoms with Crippen LogP contribution in [0.5, 0.6) is 0 Å². The standard InChI is InChI=1S/C30H40N4O5/c1-20(2)18-25(27(35)32-34-29(37)26(21(3)4)31-30(34)38)24(17-11-16-22-12-7-5-8-13-22)28(36)33-39-19-23-14-9-6-10-15-23/h5-10,12-15,20-21,24-26H,11,16-19H2,1-4H3,(H,31,38)(H,32,35)(H,33,36)/t24-,25+,26-/m0/s1. The monoisotopic (exact) mass is 536 g/mol. The summed E-state index contributed by atoms with van der Waals surface area (Å²) in [5.41, 5.74) is 7.09. The van der Waals surface area contributed by atoms with Crippen molar-refractivity contribution in [3.05, 3.63) is 71.8 Å². The summed E-state index contributed by atoms with van der Waals surface area (Å²) in [7, 11) is 0. The lowest BCUT2D eigenvalue weighted by Crippen LogP contribution is -2.51. The van der Waals surface area contributed by atoms with Crippen LogP contribution in [0.3, 0.4) is 0 Å². The number of hydrogen-bond donors (Lipinski definition) is 3. The minimum absolute atomic E-state index is 0.0851. The topological polar surface area (TPSA) is 117 Å². The molecule has 0 radical (unpaired) electrons. The maximum absolute atomic E-state index is 13.6. The van der Waals surface area contributed by atoms with Gasteiger partial charge in [0.05, 0.1) is 18.4 Å². The number of hydrazine groups is 1. The van der Waals surface area contributed by atoms with Crippen LogP contribution in [0.15, 0.2) is 60.7 Å². The highest BCUT2D eigenvalue weighted by atomic mass is 16.6. The van der Waals surface area contributed by atoms with Crippen molar-refractivity contribution in [3.8, 4) is 0 Å². The van der Waals surface area contributed by atoms with Crippen LogP contribution in [0, 0.1) is 23.7 Å². The van der Waals surface area contributed by atoms with Crippen LogP contribution in [0.4, 0.5) is 4.79 Å². The molecule has 1 aliphatic heterocycles. The Balaban J connectivity index is 1.75. The fourth-order valence-electron chi connectivity index (χ4n) is 4.74. The lowest BCUT2D eigenvalue weighted by Gasteiger charge is -2.28. The van der Waals surface area contributed by atoms with Gasteiger partial charge in [0.1, 0.15) is 6.04 Å². The third kappa shape index (κ3) is 8.64. The average Bonchev–Trinajstić information content (AvgIpc) is 3.19. The summed E-state index contributed by atoms with van der Waals surface area (Å²) in [6, 6.07) is 18.0. The molecule has 5 amide bonds. The minimum atomic E-state index is -0.778. The molecule has 3 atom stereocenters. The first-order valence-corrected chi connectivity index (χ1v) is 13.6. The first kappa shape index (κ1) is 29.8. The van der Waals surface area contributed by atoms with Gasteiger partial charge in [0, 0.05) is 0 Å². The van der Waals surface area contributed by atoms with Gasteiger partial charge in [-0.1, -0.05) is 88.4 Å². The number of hydrogen-bond acceptors (Lipinski definition) is 5. The SMILES string of the molecule is CC(C)C[C@@H](C(=O)NN1C(=O)N[C@@H](C(C)C)C1=O)[C@H](CCCc1ccccc1)C(=O)NOCc1ccccc1. The van der Waals surface area contributed by atoms with Gasteiger partial charge >= 0.3 is 6.03 Å². The Bertz CT molecular complexity index is 1110. The van der Waals surface area contributed by atoms with E-state index in [0.29, 0.717) is 19.3 Å². The van der Waals surface area contributed by atoms with E-state index >= 15 is 0 Å². The molecule has 0 aliphatic carbocycles. The molecule has 2 aromatic carbocycles. The molecular formula is C30H40N4O5.